The SMILES string of the molecule is COc1cccc(CN(CC(O)COCc2ccccc2)CC2CC(c3ccc(Cl)cc3)=NO2)c1. The number of benzene rings is 3. The summed E-state index contributed by atoms with van der Waals surface area (Å²) in [7, 11) is 1.66. The second-order valence-corrected chi connectivity index (χ2v) is 9.11. The standard InChI is InChI=1S/C28H31ClN2O4/c1-33-26-9-5-8-22(14-26)16-31(17-25(32)20-34-19-21-6-3-2-4-7-21)18-27-15-28(30-35-27)23-10-12-24(29)13-11-23/h2-14,25,27,32H,15-20H2,1H3. The van der Waals surface area contributed by atoms with Crippen molar-refractivity contribution in [3.05, 3.63) is 101 Å². The molecule has 0 amide bonds. The minimum Gasteiger partial charge on any atom is -0.497 e. The van der Waals surface area contributed by atoms with Crippen molar-refractivity contribution >= 4 is 17.3 Å². The highest BCUT2D eigenvalue weighted by Crippen LogP contribution is 2.21. The third-order valence-corrected chi connectivity index (χ3v) is 6.06. The fourth-order valence-corrected chi connectivity index (χ4v) is 4.22. The predicted octanol–water partition coefficient (Wildman–Crippen LogP) is 4.92. The lowest BCUT2D eigenvalue weighted by molar-refractivity contribution is -0.00649. The third kappa shape index (κ3) is 7.80. The summed E-state index contributed by atoms with van der Waals surface area (Å²) in [5, 5.41) is 15.7. The fourth-order valence-electron chi connectivity index (χ4n) is 4.10. The molecule has 0 bridgehead atoms. The summed E-state index contributed by atoms with van der Waals surface area (Å²) in [5.41, 5.74) is 4.09. The summed E-state index contributed by atoms with van der Waals surface area (Å²) in [6, 6.07) is 25.5. The van der Waals surface area contributed by atoms with E-state index in [2.05, 4.69) is 16.1 Å². The van der Waals surface area contributed by atoms with Crippen molar-refractivity contribution < 1.29 is 19.4 Å². The van der Waals surface area contributed by atoms with Gasteiger partial charge in [-0.3, -0.25) is 4.90 Å². The van der Waals surface area contributed by atoms with Gasteiger partial charge in [-0.2, -0.15) is 0 Å². The van der Waals surface area contributed by atoms with Crippen LogP contribution in [0.15, 0.2) is 84.0 Å². The first kappa shape index (κ1) is 25.2. The van der Waals surface area contributed by atoms with Crippen molar-refractivity contribution in [2.24, 2.45) is 5.16 Å². The Bertz CT molecular complexity index is 1090. The first-order valence-electron chi connectivity index (χ1n) is 11.7. The van der Waals surface area contributed by atoms with E-state index in [1.54, 1.807) is 7.11 Å². The lowest BCUT2D eigenvalue weighted by atomic mass is 10.0. The number of methoxy groups -OCH3 is 1. The second-order valence-electron chi connectivity index (χ2n) is 8.68. The average Bonchev–Trinajstić information content (AvgIpc) is 3.33. The Morgan fingerprint density at radius 1 is 1.06 bits per heavy atom. The zero-order valence-corrected chi connectivity index (χ0v) is 20.6. The average molecular weight is 495 g/mol. The first-order chi connectivity index (χ1) is 17.1. The molecule has 0 aliphatic carbocycles. The number of aliphatic hydroxyl groups is 1. The zero-order chi connectivity index (χ0) is 24.5. The number of ether oxygens (including phenoxy) is 2. The quantitative estimate of drug-likeness (QED) is 0.387. The van der Waals surface area contributed by atoms with Crippen LogP contribution in [-0.2, 0) is 22.7 Å². The van der Waals surface area contributed by atoms with Crippen molar-refractivity contribution in [1.82, 2.24) is 4.90 Å². The largest absolute Gasteiger partial charge is 0.497 e. The molecule has 1 heterocycles. The van der Waals surface area contributed by atoms with Gasteiger partial charge in [-0.1, -0.05) is 71.4 Å². The number of rotatable bonds is 12. The summed E-state index contributed by atoms with van der Waals surface area (Å²) < 4.78 is 11.1. The predicted molar refractivity (Wildman–Crippen MR) is 138 cm³/mol. The Labute approximate surface area is 211 Å². The topological polar surface area (TPSA) is 63.5 Å². The monoisotopic (exact) mass is 494 g/mol. The summed E-state index contributed by atoms with van der Waals surface area (Å²) in [5.74, 6) is 0.805. The van der Waals surface area contributed by atoms with E-state index in [1.165, 1.54) is 0 Å². The van der Waals surface area contributed by atoms with Crippen LogP contribution in [0.25, 0.3) is 0 Å². The Morgan fingerprint density at radius 3 is 2.60 bits per heavy atom. The van der Waals surface area contributed by atoms with Gasteiger partial charge in [-0.15, -0.1) is 0 Å². The molecule has 6 nitrogen and oxygen atoms in total. The zero-order valence-electron chi connectivity index (χ0n) is 19.8. The molecule has 4 rings (SSSR count). The number of oxime groups is 1. The molecule has 184 valence electrons. The van der Waals surface area contributed by atoms with Crippen LogP contribution < -0.4 is 4.74 Å². The van der Waals surface area contributed by atoms with Crippen LogP contribution in [0, 0.1) is 0 Å². The number of hydrogen-bond donors (Lipinski definition) is 1. The highest BCUT2D eigenvalue weighted by atomic mass is 35.5. The van der Waals surface area contributed by atoms with E-state index in [1.807, 2.05) is 72.8 Å². The lowest BCUT2D eigenvalue weighted by Gasteiger charge is -2.27. The smallest absolute Gasteiger partial charge is 0.145 e. The molecule has 35 heavy (non-hydrogen) atoms. The van der Waals surface area contributed by atoms with Gasteiger partial charge < -0.3 is 19.4 Å². The summed E-state index contributed by atoms with van der Waals surface area (Å²) in [6.45, 7) is 2.43. The minimum absolute atomic E-state index is 0.108. The Balaban J connectivity index is 1.35. The van der Waals surface area contributed by atoms with Crippen molar-refractivity contribution in [1.29, 1.82) is 0 Å². The van der Waals surface area contributed by atoms with Gasteiger partial charge in [-0.25, -0.2) is 0 Å². The van der Waals surface area contributed by atoms with E-state index < -0.39 is 6.10 Å². The van der Waals surface area contributed by atoms with Crippen LogP contribution in [0.5, 0.6) is 5.75 Å². The Morgan fingerprint density at radius 2 is 1.83 bits per heavy atom. The number of hydrogen-bond acceptors (Lipinski definition) is 6. The van der Waals surface area contributed by atoms with Gasteiger partial charge in [0.2, 0.25) is 0 Å². The summed E-state index contributed by atoms with van der Waals surface area (Å²) in [6.07, 6.45) is -0.0530. The van der Waals surface area contributed by atoms with Crippen LogP contribution in [0.2, 0.25) is 5.02 Å². The summed E-state index contributed by atoms with van der Waals surface area (Å²) >= 11 is 6.01. The van der Waals surface area contributed by atoms with Crippen LogP contribution in [0.4, 0.5) is 0 Å². The van der Waals surface area contributed by atoms with Gasteiger partial charge in [0, 0.05) is 31.1 Å². The molecule has 0 saturated carbocycles. The van der Waals surface area contributed by atoms with Crippen molar-refractivity contribution in [3.8, 4) is 5.75 Å². The molecule has 3 aromatic carbocycles. The number of halogens is 1. The highest BCUT2D eigenvalue weighted by Gasteiger charge is 2.26. The lowest BCUT2D eigenvalue weighted by Crippen LogP contribution is -2.39. The van der Waals surface area contributed by atoms with E-state index >= 15 is 0 Å². The van der Waals surface area contributed by atoms with Crippen molar-refractivity contribution in [3.63, 3.8) is 0 Å². The molecular formula is C28H31ClN2O4. The highest BCUT2D eigenvalue weighted by molar-refractivity contribution is 6.30. The maximum atomic E-state index is 10.7. The molecule has 2 unspecified atom stereocenters. The van der Waals surface area contributed by atoms with Gasteiger partial charge in [0.1, 0.15) is 11.9 Å². The summed E-state index contributed by atoms with van der Waals surface area (Å²) in [4.78, 5) is 7.94. The molecule has 2 atom stereocenters. The molecular weight excluding hydrogens is 464 g/mol. The third-order valence-electron chi connectivity index (χ3n) is 5.80. The normalized spacial score (nSPS) is 16.1. The number of nitrogens with zero attached hydrogens (tertiary/aromatic N) is 2. The molecule has 1 aliphatic rings. The van der Waals surface area contributed by atoms with Crippen LogP contribution in [0.3, 0.4) is 0 Å². The van der Waals surface area contributed by atoms with Crippen LogP contribution >= 0.6 is 11.6 Å². The molecule has 0 saturated heterocycles. The molecule has 0 spiro atoms. The minimum atomic E-state index is -0.637. The van der Waals surface area contributed by atoms with E-state index in [0.717, 1.165) is 28.2 Å². The molecule has 0 radical (unpaired) electrons. The van der Waals surface area contributed by atoms with E-state index in [9.17, 15) is 5.11 Å². The van der Waals surface area contributed by atoms with E-state index in [4.69, 9.17) is 25.9 Å². The van der Waals surface area contributed by atoms with Gasteiger partial charge in [0.15, 0.2) is 0 Å². The molecule has 7 heteroatoms. The molecule has 0 aromatic heterocycles. The Kier molecular flexibility index (Phi) is 9.15. The number of aliphatic hydroxyl groups excluding tert-OH is 1. The molecule has 1 aliphatic heterocycles. The van der Waals surface area contributed by atoms with Crippen LogP contribution in [-0.4, -0.2) is 54.7 Å². The maximum Gasteiger partial charge on any atom is 0.145 e. The van der Waals surface area contributed by atoms with Crippen molar-refractivity contribution in [2.75, 3.05) is 26.8 Å². The molecule has 3 aromatic rings. The van der Waals surface area contributed by atoms with Gasteiger partial charge in [0.05, 0.1) is 32.1 Å². The van der Waals surface area contributed by atoms with Crippen molar-refractivity contribution in [2.45, 2.75) is 31.8 Å². The van der Waals surface area contributed by atoms with E-state index in [0.29, 0.717) is 37.7 Å². The first-order valence-corrected chi connectivity index (χ1v) is 12.1. The maximum absolute atomic E-state index is 10.7. The van der Waals surface area contributed by atoms with E-state index in [-0.39, 0.29) is 12.7 Å². The molecule has 1 N–H and O–H groups in total. The van der Waals surface area contributed by atoms with Crippen LogP contribution in [0.1, 0.15) is 23.1 Å². The Hall–Kier alpha value is -2.90. The van der Waals surface area contributed by atoms with Gasteiger partial charge in [-0.05, 0) is 41.0 Å². The van der Waals surface area contributed by atoms with Gasteiger partial charge >= 0.3 is 0 Å². The van der Waals surface area contributed by atoms with Gasteiger partial charge in [0.25, 0.3) is 0 Å². The second kappa shape index (κ2) is 12.7. The molecule has 0 fully saturated rings. The fraction of sp³-hybridized carbons (Fsp3) is 0.321.